The van der Waals surface area contributed by atoms with Gasteiger partial charge in [-0.3, -0.25) is 4.79 Å². The van der Waals surface area contributed by atoms with Crippen molar-refractivity contribution >= 4 is 28.2 Å². The standard InChI is InChI=1S/C23H29N3O/c1-6-26(7-2)18-12-13-21(16(3)14-18)24-23(27)15-20-17(4)25(5)22-11-9-8-10-19(20)22/h8-14H,6-7,15H2,1-5H3,(H,24,27). The van der Waals surface area contributed by atoms with Crippen LogP contribution in [0.4, 0.5) is 11.4 Å². The number of carbonyl (C=O) groups is 1. The summed E-state index contributed by atoms with van der Waals surface area (Å²) in [6.45, 7) is 10.4. The maximum absolute atomic E-state index is 12.7. The van der Waals surface area contributed by atoms with Gasteiger partial charge in [0.15, 0.2) is 0 Å². The van der Waals surface area contributed by atoms with Crippen molar-refractivity contribution in [2.45, 2.75) is 34.1 Å². The second kappa shape index (κ2) is 7.87. The van der Waals surface area contributed by atoms with Gasteiger partial charge < -0.3 is 14.8 Å². The molecule has 1 N–H and O–H groups in total. The minimum atomic E-state index is 0.0214. The lowest BCUT2D eigenvalue weighted by Crippen LogP contribution is -2.22. The minimum absolute atomic E-state index is 0.0214. The molecule has 0 atom stereocenters. The molecule has 3 aromatic rings. The summed E-state index contributed by atoms with van der Waals surface area (Å²) in [4.78, 5) is 15.0. The minimum Gasteiger partial charge on any atom is -0.372 e. The van der Waals surface area contributed by atoms with Crippen molar-refractivity contribution in [1.82, 2.24) is 4.57 Å². The van der Waals surface area contributed by atoms with Gasteiger partial charge in [-0.15, -0.1) is 0 Å². The molecule has 0 unspecified atom stereocenters. The van der Waals surface area contributed by atoms with Gasteiger partial charge >= 0.3 is 0 Å². The van der Waals surface area contributed by atoms with Crippen LogP contribution in [-0.4, -0.2) is 23.6 Å². The Kier molecular flexibility index (Phi) is 5.54. The number of aromatic nitrogens is 1. The number of rotatable bonds is 6. The number of carbonyl (C=O) groups excluding carboxylic acids is 1. The second-order valence-electron chi connectivity index (χ2n) is 7.04. The van der Waals surface area contributed by atoms with Crippen LogP contribution in [0, 0.1) is 13.8 Å². The quantitative estimate of drug-likeness (QED) is 0.681. The van der Waals surface area contributed by atoms with Crippen molar-refractivity contribution in [3.05, 3.63) is 59.3 Å². The number of hydrogen-bond donors (Lipinski definition) is 1. The Morgan fingerprint density at radius 1 is 1.07 bits per heavy atom. The third-order valence-electron chi connectivity index (χ3n) is 5.48. The van der Waals surface area contributed by atoms with Gasteiger partial charge in [0.25, 0.3) is 0 Å². The van der Waals surface area contributed by atoms with Gasteiger partial charge in [-0.2, -0.15) is 0 Å². The monoisotopic (exact) mass is 363 g/mol. The fourth-order valence-electron chi connectivity index (χ4n) is 3.75. The van der Waals surface area contributed by atoms with E-state index in [1.807, 2.05) is 25.1 Å². The summed E-state index contributed by atoms with van der Waals surface area (Å²) in [5, 5.41) is 4.25. The Balaban J connectivity index is 1.80. The number of aryl methyl sites for hydroxylation is 2. The molecule has 142 valence electrons. The zero-order valence-electron chi connectivity index (χ0n) is 17.0. The average molecular weight is 364 g/mol. The smallest absolute Gasteiger partial charge is 0.228 e. The summed E-state index contributed by atoms with van der Waals surface area (Å²) in [7, 11) is 2.05. The number of nitrogens with zero attached hydrogens (tertiary/aromatic N) is 2. The van der Waals surface area contributed by atoms with Gasteiger partial charge in [0.2, 0.25) is 5.91 Å². The van der Waals surface area contributed by atoms with Crippen LogP contribution in [0.3, 0.4) is 0 Å². The van der Waals surface area contributed by atoms with E-state index in [0.29, 0.717) is 6.42 Å². The number of benzene rings is 2. The van der Waals surface area contributed by atoms with Gasteiger partial charge in [0, 0.05) is 48.1 Å². The van der Waals surface area contributed by atoms with E-state index < -0.39 is 0 Å². The first-order valence-electron chi connectivity index (χ1n) is 9.64. The fraction of sp³-hybridized carbons (Fsp3) is 0.348. The molecule has 27 heavy (non-hydrogen) atoms. The summed E-state index contributed by atoms with van der Waals surface area (Å²) in [6.07, 6.45) is 0.379. The van der Waals surface area contributed by atoms with Gasteiger partial charge in [0.05, 0.1) is 6.42 Å². The molecule has 0 saturated heterocycles. The molecular weight excluding hydrogens is 334 g/mol. The molecule has 0 aliphatic heterocycles. The van der Waals surface area contributed by atoms with E-state index in [4.69, 9.17) is 0 Å². The first kappa shape index (κ1) is 19.0. The van der Waals surface area contributed by atoms with E-state index in [1.54, 1.807) is 0 Å². The molecule has 0 fully saturated rings. The predicted molar refractivity (Wildman–Crippen MR) is 115 cm³/mol. The highest BCUT2D eigenvalue weighted by atomic mass is 16.1. The lowest BCUT2D eigenvalue weighted by Gasteiger charge is -2.22. The van der Waals surface area contributed by atoms with Crippen LogP contribution >= 0.6 is 0 Å². The van der Waals surface area contributed by atoms with Crippen molar-refractivity contribution in [2.24, 2.45) is 7.05 Å². The van der Waals surface area contributed by atoms with E-state index in [0.717, 1.165) is 46.5 Å². The molecule has 4 nitrogen and oxygen atoms in total. The van der Waals surface area contributed by atoms with Crippen molar-refractivity contribution < 1.29 is 4.79 Å². The highest BCUT2D eigenvalue weighted by Crippen LogP contribution is 2.26. The molecule has 0 aliphatic rings. The number of hydrogen-bond acceptors (Lipinski definition) is 2. The molecule has 0 spiro atoms. The van der Waals surface area contributed by atoms with E-state index in [9.17, 15) is 4.79 Å². The summed E-state index contributed by atoms with van der Waals surface area (Å²) in [5.74, 6) is 0.0214. The number of para-hydroxylation sites is 1. The van der Waals surface area contributed by atoms with E-state index >= 15 is 0 Å². The van der Waals surface area contributed by atoms with Gasteiger partial charge in [-0.1, -0.05) is 18.2 Å². The predicted octanol–water partition coefficient (Wildman–Crippen LogP) is 4.82. The van der Waals surface area contributed by atoms with Gasteiger partial charge in [0.1, 0.15) is 0 Å². The first-order valence-corrected chi connectivity index (χ1v) is 9.64. The van der Waals surface area contributed by atoms with E-state index in [2.05, 4.69) is 66.9 Å². The number of nitrogens with one attached hydrogen (secondary N) is 1. The molecule has 0 aliphatic carbocycles. The zero-order valence-corrected chi connectivity index (χ0v) is 17.0. The van der Waals surface area contributed by atoms with Gasteiger partial charge in [-0.05, 0) is 63.1 Å². The molecule has 0 bridgehead atoms. The van der Waals surface area contributed by atoms with Crippen LogP contribution in [0.5, 0.6) is 0 Å². The molecule has 1 aromatic heterocycles. The van der Waals surface area contributed by atoms with Crippen LogP contribution in [0.15, 0.2) is 42.5 Å². The van der Waals surface area contributed by atoms with Crippen LogP contribution in [0.25, 0.3) is 10.9 Å². The SMILES string of the molecule is CCN(CC)c1ccc(NC(=O)Cc2c(C)n(C)c3ccccc23)c(C)c1. The topological polar surface area (TPSA) is 37.3 Å². The van der Waals surface area contributed by atoms with Crippen LogP contribution in [-0.2, 0) is 18.3 Å². The Morgan fingerprint density at radius 2 is 1.78 bits per heavy atom. The van der Waals surface area contributed by atoms with Gasteiger partial charge in [-0.25, -0.2) is 0 Å². The molecule has 1 heterocycles. The maximum Gasteiger partial charge on any atom is 0.228 e. The van der Waals surface area contributed by atoms with Crippen LogP contribution in [0.1, 0.15) is 30.7 Å². The normalized spacial score (nSPS) is 11.0. The third kappa shape index (κ3) is 3.70. The molecule has 0 saturated carbocycles. The van der Waals surface area contributed by atoms with Crippen molar-refractivity contribution in [3.8, 4) is 0 Å². The molecule has 4 heteroatoms. The lowest BCUT2D eigenvalue weighted by molar-refractivity contribution is -0.115. The average Bonchev–Trinajstić information content (AvgIpc) is 2.90. The third-order valence-corrected chi connectivity index (χ3v) is 5.48. The number of anilines is 2. The Hall–Kier alpha value is -2.75. The Morgan fingerprint density at radius 3 is 2.44 bits per heavy atom. The maximum atomic E-state index is 12.7. The fourth-order valence-corrected chi connectivity index (χ4v) is 3.75. The first-order chi connectivity index (χ1) is 13.0. The summed E-state index contributed by atoms with van der Waals surface area (Å²) >= 11 is 0. The molecule has 0 radical (unpaired) electrons. The van der Waals surface area contributed by atoms with Crippen LogP contribution < -0.4 is 10.2 Å². The van der Waals surface area contributed by atoms with E-state index in [-0.39, 0.29) is 5.91 Å². The second-order valence-corrected chi connectivity index (χ2v) is 7.04. The molecular formula is C23H29N3O. The molecule has 3 rings (SSSR count). The highest BCUT2D eigenvalue weighted by Gasteiger charge is 2.15. The summed E-state index contributed by atoms with van der Waals surface area (Å²) in [5.41, 5.74) is 6.57. The number of fused-ring (bicyclic) bond motifs is 1. The number of amides is 1. The Bertz CT molecular complexity index is 967. The zero-order chi connectivity index (χ0) is 19.6. The van der Waals surface area contributed by atoms with Crippen molar-refractivity contribution in [3.63, 3.8) is 0 Å². The summed E-state index contributed by atoms with van der Waals surface area (Å²) < 4.78 is 2.15. The molecule has 1 amide bonds. The highest BCUT2D eigenvalue weighted by molar-refractivity contribution is 5.97. The molecule has 2 aromatic carbocycles. The van der Waals surface area contributed by atoms with Crippen LogP contribution in [0.2, 0.25) is 0 Å². The largest absolute Gasteiger partial charge is 0.372 e. The Labute approximate surface area is 161 Å². The van der Waals surface area contributed by atoms with Crippen molar-refractivity contribution in [2.75, 3.05) is 23.3 Å². The summed E-state index contributed by atoms with van der Waals surface area (Å²) in [6, 6.07) is 14.5. The van der Waals surface area contributed by atoms with E-state index in [1.165, 1.54) is 5.69 Å². The van der Waals surface area contributed by atoms with Crippen molar-refractivity contribution in [1.29, 1.82) is 0 Å². The lowest BCUT2D eigenvalue weighted by atomic mass is 10.1.